The van der Waals surface area contributed by atoms with E-state index in [1.807, 2.05) is 24.3 Å². The zero-order chi connectivity index (χ0) is 21.2. The van der Waals surface area contributed by atoms with Gasteiger partial charge in [-0.2, -0.15) is 5.26 Å². The average molecular weight is 387 g/mol. The molecule has 0 saturated carbocycles. The summed E-state index contributed by atoms with van der Waals surface area (Å²) in [5, 5.41) is 9.71. The lowest BCUT2D eigenvalue weighted by Gasteiger charge is -2.27. The third-order valence-electron chi connectivity index (χ3n) is 5.32. The molecule has 0 radical (unpaired) electrons. The van der Waals surface area contributed by atoms with Crippen LogP contribution in [0.5, 0.6) is 0 Å². The number of hydrogen-bond donors (Lipinski definition) is 1. The second-order valence-electron chi connectivity index (χ2n) is 8.94. The Bertz CT molecular complexity index is 982. The number of anilines is 2. The Labute approximate surface area is 174 Å². The molecule has 2 N–H and O–H groups in total. The smallest absolute Gasteiger partial charge is 0.101 e. The topological polar surface area (TPSA) is 56.3 Å². The predicted molar refractivity (Wildman–Crippen MR) is 122 cm³/mol. The Morgan fingerprint density at radius 2 is 1.86 bits per heavy atom. The molecule has 1 aliphatic rings. The van der Waals surface area contributed by atoms with Gasteiger partial charge in [-0.05, 0) is 52.9 Å². The Morgan fingerprint density at radius 3 is 2.41 bits per heavy atom. The van der Waals surface area contributed by atoms with Crippen LogP contribution < -0.4 is 10.6 Å². The van der Waals surface area contributed by atoms with E-state index in [0.717, 1.165) is 41.9 Å². The van der Waals surface area contributed by atoms with Gasteiger partial charge in [-0.3, -0.25) is 0 Å². The molecule has 29 heavy (non-hydrogen) atoms. The first-order chi connectivity index (χ1) is 13.7. The van der Waals surface area contributed by atoms with Gasteiger partial charge < -0.3 is 15.5 Å². The van der Waals surface area contributed by atoms with Crippen molar-refractivity contribution < 1.29 is 0 Å². The number of nitrogen functional groups attached to an aromatic ring is 1. The van der Waals surface area contributed by atoms with E-state index in [1.165, 1.54) is 0 Å². The van der Waals surface area contributed by atoms with Crippen LogP contribution in [0.25, 0.3) is 11.1 Å². The molecule has 1 fully saturated rings. The lowest BCUT2D eigenvalue weighted by Crippen LogP contribution is -2.32. The summed E-state index contributed by atoms with van der Waals surface area (Å²) in [4.78, 5) is 4.66. The van der Waals surface area contributed by atoms with Gasteiger partial charge in [0, 0.05) is 30.1 Å². The first-order valence-corrected chi connectivity index (χ1v) is 10.1. The predicted octanol–water partition coefficient (Wildman–Crippen LogP) is 4.35. The highest BCUT2D eigenvalue weighted by Crippen LogP contribution is 2.40. The SMILES string of the molecule is CN(C)[C@H]1CCN(c2c(-c3ccccc3)cc(C#N)c(N)c2C#CC(C)(C)C)C1. The van der Waals surface area contributed by atoms with Gasteiger partial charge in [0.25, 0.3) is 0 Å². The molecule has 0 aromatic heterocycles. The Balaban J connectivity index is 2.27. The molecule has 0 aliphatic carbocycles. The van der Waals surface area contributed by atoms with E-state index in [2.05, 4.69) is 74.7 Å². The molecular formula is C25H30N4. The van der Waals surface area contributed by atoms with E-state index in [0.29, 0.717) is 17.3 Å². The number of hydrogen-bond acceptors (Lipinski definition) is 4. The van der Waals surface area contributed by atoms with Crippen LogP contribution in [0.1, 0.15) is 38.3 Å². The fourth-order valence-corrected chi connectivity index (χ4v) is 3.69. The number of rotatable bonds is 3. The zero-order valence-electron chi connectivity index (χ0n) is 18.1. The van der Waals surface area contributed by atoms with Crippen LogP contribution in [0.15, 0.2) is 36.4 Å². The standard InChI is InChI=1S/C25H30N4/c1-25(2,3)13-11-21-23(27)19(16-26)15-22(18-9-7-6-8-10-18)24(21)29-14-12-20(17-29)28(4)5/h6-10,15,20H,12,14,17,27H2,1-5H3/t20-/m0/s1. The summed E-state index contributed by atoms with van der Waals surface area (Å²) in [6.45, 7) is 8.11. The van der Waals surface area contributed by atoms with Crippen molar-refractivity contribution in [3.63, 3.8) is 0 Å². The Morgan fingerprint density at radius 1 is 1.17 bits per heavy atom. The largest absolute Gasteiger partial charge is 0.397 e. The van der Waals surface area contributed by atoms with Crippen LogP contribution in [0.2, 0.25) is 0 Å². The van der Waals surface area contributed by atoms with Gasteiger partial charge in [0.15, 0.2) is 0 Å². The van der Waals surface area contributed by atoms with E-state index in [-0.39, 0.29) is 5.41 Å². The summed E-state index contributed by atoms with van der Waals surface area (Å²) in [6, 6.07) is 14.9. The minimum Gasteiger partial charge on any atom is -0.397 e. The number of likely N-dealkylation sites (N-methyl/N-ethyl adjacent to an activating group) is 1. The van der Waals surface area contributed by atoms with Gasteiger partial charge in [0.05, 0.1) is 22.5 Å². The van der Waals surface area contributed by atoms with Gasteiger partial charge in [-0.1, -0.05) is 42.2 Å². The molecule has 0 bridgehead atoms. The van der Waals surface area contributed by atoms with Crippen LogP contribution in [-0.4, -0.2) is 38.1 Å². The lowest BCUT2D eigenvalue weighted by molar-refractivity contribution is 0.315. The molecular weight excluding hydrogens is 356 g/mol. The van der Waals surface area contributed by atoms with E-state index < -0.39 is 0 Å². The Kier molecular flexibility index (Phi) is 5.87. The summed E-state index contributed by atoms with van der Waals surface area (Å²) in [6.07, 6.45) is 1.09. The number of nitriles is 1. The molecule has 3 rings (SSSR count). The molecule has 1 aliphatic heterocycles. The summed E-state index contributed by atoms with van der Waals surface area (Å²) < 4.78 is 0. The van der Waals surface area contributed by atoms with Crippen LogP contribution >= 0.6 is 0 Å². The lowest BCUT2D eigenvalue weighted by atomic mass is 9.92. The molecule has 2 aromatic rings. The highest BCUT2D eigenvalue weighted by molar-refractivity contribution is 5.90. The molecule has 0 amide bonds. The first-order valence-electron chi connectivity index (χ1n) is 10.1. The number of nitrogens with zero attached hydrogens (tertiary/aromatic N) is 3. The highest BCUT2D eigenvalue weighted by atomic mass is 15.2. The minimum absolute atomic E-state index is 0.156. The van der Waals surface area contributed by atoms with Crippen LogP contribution in [0.4, 0.5) is 11.4 Å². The quantitative estimate of drug-likeness (QED) is 0.630. The van der Waals surface area contributed by atoms with Gasteiger partial charge in [0.2, 0.25) is 0 Å². The van der Waals surface area contributed by atoms with Crippen molar-refractivity contribution >= 4 is 11.4 Å². The second kappa shape index (κ2) is 8.19. The maximum absolute atomic E-state index is 9.71. The first kappa shape index (κ1) is 20.8. The highest BCUT2D eigenvalue weighted by Gasteiger charge is 2.29. The molecule has 0 spiro atoms. The Hall–Kier alpha value is -2.95. The summed E-state index contributed by atoms with van der Waals surface area (Å²) in [5.41, 5.74) is 11.2. The van der Waals surface area contributed by atoms with Gasteiger partial charge in [-0.25, -0.2) is 0 Å². The van der Waals surface area contributed by atoms with E-state index in [9.17, 15) is 5.26 Å². The van der Waals surface area contributed by atoms with Crippen molar-refractivity contribution in [2.45, 2.75) is 33.2 Å². The van der Waals surface area contributed by atoms with Crippen molar-refractivity contribution in [1.82, 2.24) is 4.90 Å². The molecule has 2 aromatic carbocycles. The van der Waals surface area contributed by atoms with Crippen LogP contribution in [-0.2, 0) is 0 Å². The van der Waals surface area contributed by atoms with Crippen LogP contribution in [0, 0.1) is 28.6 Å². The van der Waals surface area contributed by atoms with E-state index >= 15 is 0 Å². The molecule has 150 valence electrons. The third kappa shape index (κ3) is 4.56. The third-order valence-corrected chi connectivity index (χ3v) is 5.32. The van der Waals surface area contributed by atoms with E-state index in [4.69, 9.17) is 5.73 Å². The molecule has 4 nitrogen and oxygen atoms in total. The minimum atomic E-state index is -0.156. The van der Waals surface area contributed by atoms with Crippen molar-refractivity contribution in [3.05, 3.63) is 47.5 Å². The molecule has 1 heterocycles. The fourth-order valence-electron chi connectivity index (χ4n) is 3.69. The van der Waals surface area contributed by atoms with Crippen molar-refractivity contribution in [1.29, 1.82) is 5.26 Å². The van der Waals surface area contributed by atoms with Crippen LogP contribution in [0.3, 0.4) is 0 Å². The zero-order valence-corrected chi connectivity index (χ0v) is 18.1. The summed E-state index contributed by atoms with van der Waals surface area (Å²) in [7, 11) is 4.25. The van der Waals surface area contributed by atoms with Gasteiger partial charge in [-0.15, -0.1) is 0 Å². The average Bonchev–Trinajstić information content (AvgIpc) is 3.16. The number of nitrogens with two attached hydrogens (primary N) is 1. The van der Waals surface area contributed by atoms with E-state index in [1.54, 1.807) is 0 Å². The second-order valence-corrected chi connectivity index (χ2v) is 8.94. The monoisotopic (exact) mass is 386 g/mol. The fraction of sp³-hybridized carbons (Fsp3) is 0.400. The molecule has 1 atom stereocenters. The van der Waals surface area contributed by atoms with Crippen molar-refractivity contribution in [2.75, 3.05) is 37.8 Å². The molecule has 4 heteroatoms. The van der Waals surface area contributed by atoms with Gasteiger partial charge in [0.1, 0.15) is 6.07 Å². The number of benzene rings is 2. The molecule has 0 unspecified atom stereocenters. The van der Waals surface area contributed by atoms with Crippen molar-refractivity contribution in [2.24, 2.45) is 5.41 Å². The molecule has 1 saturated heterocycles. The summed E-state index contributed by atoms with van der Waals surface area (Å²) in [5.74, 6) is 6.68. The maximum atomic E-state index is 9.71. The van der Waals surface area contributed by atoms with Crippen molar-refractivity contribution in [3.8, 4) is 29.0 Å². The summed E-state index contributed by atoms with van der Waals surface area (Å²) >= 11 is 0. The maximum Gasteiger partial charge on any atom is 0.101 e. The normalized spacial score (nSPS) is 16.4. The van der Waals surface area contributed by atoms with Gasteiger partial charge >= 0.3 is 0 Å².